The monoisotopic (exact) mass is 318 g/mol. The number of sulfonamides is 1. The van der Waals surface area contributed by atoms with Crippen LogP contribution in [0.1, 0.15) is 24.1 Å². The Morgan fingerprint density at radius 3 is 2.74 bits per heavy atom. The average molecular weight is 318 g/mol. The summed E-state index contributed by atoms with van der Waals surface area (Å²) in [5, 5.41) is 3.40. The van der Waals surface area contributed by atoms with Crippen molar-refractivity contribution in [2.75, 3.05) is 11.5 Å². The van der Waals surface area contributed by atoms with Gasteiger partial charge in [0.25, 0.3) is 0 Å². The van der Waals surface area contributed by atoms with E-state index in [9.17, 15) is 8.42 Å². The van der Waals surface area contributed by atoms with E-state index in [4.69, 9.17) is 0 Å². The van der Waals surface area contributed by atoms with Crippen LogP contribution in [-0.2, 0) is 16.6 Å². The van der Waals surface area contributed by atoms with E-state index in [1.54, 1.807) is 6.07 Å². The van der Waals surface area contributed by atoms with E-state index < -0.39 is 10.0 Å². The second-order valence-corrected chi connectivity index (χ2v) is 9.32. The van der Waals surface area contributed by atoms with Crippen molar-refractivity contribution in [3.8, 4) is 0 Å². The lowest BCUT2D eigenvalue weighted by atomic mass is 10.3. The van der Waals surface area contributed by atoms with E-state index in [1.807, 2.05) is 17.8 Å². The molecule has 2 fully saturated rings. The number of hydrogen-bond donors (Lipinski definition) is 2. The van der Waals surface area contributed by atoms with Crippen molar-refractivity contribution in [2.45, 2.75) is 42.1 Å². The molecular formula is C12H18N2O2S3. The highest BCUT2D eigenvalue weighted by molar-refractivity contribution is 7.99. The summed E-state index contributed by atoms with van der Waals surface area (Å²) in [6.07, 6.45) is 3.43. The average Bonchev–Trinajstić information content (AvgIpc) is 2.87. The van der Waals surface area contributed by atoms with Gasteiger partial charge in [0.1, 0.15) is 4.21 Å². The molecule has 2 aliphatic rings. The van der Waals surface area contributed by atoms with Gasteiger partial charge >= 0.3 is 0 Å². The maximum absolute atomic E-state index is 12.2. The van der Waals surface area contributed by atoms with Crippen LogP contribution >= 0.6 is 23.1 Å². The van der Waals surface area contributed by atoms with Crippen LogP contribution in [-0.4, -0.2) is 32.0 Å². The summed E-state index contributed by atoms with van der Waals surface area (Å²) in [4.78, 5) is 1.09. The lowest BCUT2D eigenvalue weighted by Gasteiger charge is -2.10. The minimum Gasteiger partial charge on any atom is -0.309 e. The Hall–Kier alpha value is -0.0800. The van der Waals surface area contributed by atoms with E-state index in [0.717, 1.165) is 29.3 Å². The van der Waals surface area contributed by atoms with Crippen LogP contribution in [0.2, 0.25) is 0 Å². The molecule has 2 heterocycles. The molecule has 0 amide bonds. The zero-order valence-corrected chi connectivity index (χ0v) is 13.0. The second kappa shape index (κ2) is 5.73. The molecule has 1 atom stereocenters. The number of nitrogens with one attached hydrogen (secondary N) is 2. The fourth-order valence-corrected chi connectivity index (χ4v) is 5.89. The maximum Gasteiger partial charge on any atom is 0.250 e. The molecule has 1 saturated heterocycles. The van der Waals surface area contributed by atoms with E-state index in [-0.39, 0.29) is 6.04 Å². The predicted molar refractivity (Wildman–Crippen MR) is 80.2 cm³/mol. The molecule has 0 bridgehead atoms. The van der Waals surface area contributed by atoms with Gasteiger partial charge in [-0.15, -0.1) is 11.3 Å². The van der Waals surface area contributed by atoms with E-state index in [2.05, 4.69) is 10.0 Å². The lowest BCUT2D eigenvalue weighted by Crippen LogP contribution is -2.34. The molecule has 2 N–H and O–H groups in total. The van der Waals surface area contributed by atoms with Gasteiger partial charge in [0, 0.05) is 29.3 Å². The fraction of sp³-hybridized carbons (Fsp3) is 0.667. The highest BCUT2D eigenvalue weighted by atomic mass is 32.2. The molecular weight excluding hydrogens is 300 g/mol. The minimum absolute atomic E-state index is 0.102. The smallest absolute Gasteiger partial charge is 0.250 e. The lowest BCUT2D eigenvalue weighted by molar-refractivity contribution is 0.565. The topological polar surface area (TPSA) is 58.2 Å². The number of hydrogen-bond acceptors (Lipinski definition) is 5. The van der Waals surface area contributed by atoms with Crippen LogP contribution in [0.5, 0.6) is 0 Å². The normalized spacial score (nSPS) is 23.9. The molecule has 1 aromatic heterocycles. The van der Waals surface area contributed by atoms with Gasteiger partial charge in [0.15, 0.2) is 0 Å². The fourth-order valence-electron chi connectivity index (χ4n) is 2.04. The van der Waals surface area contributed by atoms with E-state index >= 15 is 0 Å². The quantitative estimate of drug-likeness (QED) is 0.839. The summed E-state index contributed by atoms with van der Waals surface area (Å²) < 4.78 is 27.7. The van der Waals surface area contributed by atoms with Crippen LogP contribution in [0.4, 0.5) is 0 Å². The van der Waals surface area contributed by atoms with Crippen LogP contribution in [0.3, 0.4) is 0 Å². The molecule has 1 saturated carbocycles. The molecule has 0 aromatic carbocycles. The minimum atomic E-state index is -3.32. The third-order valence-corrected chi connectivity index (χ3v) is 7.56. The summed E-state index contributed by atoms with van der Waals surface area (Å²) in [5.41, 5.74) is 0. The first-order valence-electron chi connectivity index (χ1n) is 6.56. The number of thiophene rings is 1. The SMILES string of the molecule is O=S(=O)(NC1CCSC1)c1ccc(CNC2CC2)s1. The summed E-state index contributed by atoms with van der Waals surface area (Å²) in [5.74, 6) is 1.94. The third-order valence-electron chi connectivity index (χ3n) is 3.30. The van der Waals surface area contributed by atoms with Crippen molar-refractivity contribution in [3.63, 3.8) is 0 Å². The molecule has 3 rings (SSSR count). The van der Waals surface area contributed by atoms with Gasteiger partial charge in [0.2, 0.25) is 10.0 Å². The molecule has 1 aliphatic heterocycles. The van der Waals surface area contributed by atoms with Gasteiger partial charge in [-0.25, -0.2) is 13.1 Å². The predicted octanol–water partition coefficient (Wildman–Crippen LogP) is 1.78. The first kappa shape index (κ1) is 13.9. The van der Waals surface area contributed by atoms with Crippen molar-refractivity contribution in [2.24, 2.45) is 0 Å². The van der Waals surface area contributed by atoms with Crippen molar-refractivity contribution in [1.29, 1.82) is 0 Å². The summed E-state index contributed by atoms with van der Waals surface area (Å²) in [6.45, 7) is 0.782. The molecule has 0 spiro atoms. The molecule has 7 heteroatoms. The number of thioether (sulfide) groups is 1. The largest absolute Gasteiger partial charge is 0.309 e. The summed E-state index contributed by atoms with van der Waals surface area (Å²) in [6, 6.07) is 4.39. The number of rotatable bonds is 6. The molecule has 106 valence electrons. The second-order valence-electron chi connectivity index (χ2n) is 5.06. The Morgan fingerprint density at radius 2 is 2.05 bits per heavy atom. The highest BCUT2D eigenvalue weighted by Crippen LogP contribution is 2.25. The van der Waals surface area contributed by atoms with Crippen LogP contribution in [0.25, 0.3) is 0 Å². The molecule has 0 radical (unpaired) electrons. The van der Waals surface area contributed by atoms with Crippen molar-refractivity contribution >= 4 is 33.1 Å². The Morgan fingerprint density at radius 1 is 1.21 bits per heavy atom. The van der Waals surface area contributed by atoms with Crippen molar-refractivity contribution in [3.05, 3.63) is 17.0 Å². The zero-order chi connectivity index (χ0) is 13.3. The summed E-state index contributed by atoms with van der Waals surface area (Å²) in [7, 11) is -3.32. The standard InChI is InChI=1S/C12H18N2O2S3/c15-19(16,14-10-5-6-17-8-10)12-4-3-11(18-12)7-13-9-1-2-9/h3-4,9-10,13-14H,1-2,5-8H2. The van der Waals surface area contributed by atoms with Gasteiger partial charge in [-0.1, -0.05) is 0 Å². The Kier molecular flexibility index (Phi) is 4.19. The molecule has 1 aromatic rings. The van der Waals surface area contributed by atoms with E-state index in [0.29, 0.717) is 10.3 Å². The molecule has 4 nitrogen and oxygen atoms in total. The zero-order valence-electron chi connectivity index (χ0n) is 10.6. The van der Waals surface area contributed by atoms with Crippen LogP contribution < -0.4 is 10.0 Å². The maximum atomic E-state index is 12.2. The molecule has 1 aliphatic carbocycles. The van der Waals surface area contributed by atoms with Gasteiger partial charge in [0.05, 0.1) is 0 Å². The van der Waals surface area contributed by atoms with Gasteiger partial charge in [-0.2, -0.15) is 11.8 Å². The van der Waals surface area contributed by atoms with Gasteiger partial charge < -0.3 is 5.32 Å². The Bertz CT molecular complexity index is 531. The molecule has 1 unspecified atom stereocenters. The Balaban J connectivity index is 1.62. The van der Waals surface area contributed by atoms with E-state index in [1.165, 1.54) is 24.2 Å². The van der Waals surface area contributed by atoms with Crippen LogP contribution in [0, 0.1) is 0 Å². The molecule has 19 heavy (non-hydrogen) atoms. The first-order chi connectivity index (χ1) is 9.13. The van der Waals surface area contributed by atoms with Gasteiger partial charge in [-0.05, 0) is 37.1 Å². The van der Waals surface area contributed by atoms with Crippen molar-refractivity contribution < 1.29 is 8.42 Å². The van der Waals surface area contributed by atoms with Gasteiger partial charge in [-0.3, -0.25) is 0 Å². The van der Waals surface area contributed by atoms with Crippen LogP contribution in [0.15, 0.2) is 16.3 Å². The highest BCUT2D eigenvalue weighted by Gasteiger charge is 2.25. The third kappa shape index (κ3) is 3.72. The first-order valence-corrected chi connectivity index (χ1v) is 10.0. The Labute approximate surface area is 122 Å². The summed E-state index contributed by atoms with van der Waals surface area (Å²) >= 11 is 3.18. The van der Waals surface area contributed by atoms with Crippen molar-refractivity contribution in [1.82, 2.24) is 10.0 Å².